The Kier molecular flexibility index (Phi) is 4.84. The zero-order valence-electron chi connectivity index (χ0n) is 19.4. The lowest BCUT2D eigenvalue weighted by atomic mass is 10.1. The number of pyridine rings is 1. The second-order valence-corrected chi connectivity index (χ2v) is 6.14. The van der Waals surface area contributed by atoms with Crippen molar-refractivity contribution >= 4 is 39.9 Å². The van der Waals surface area contributed by atoms with E-state index in [0.717, 1.165) is 10.9 Å². The summed E-state index contributed by atoms with van der Waals surface area (Å²) < 4.78 is 29.4. The number of anilines is 3. The van der Waals surface area contributed by atoms with Gasteiger partial charge in [-0.05, 0) is 19.1 Å². The van der Waals surface area contributed by atoms with E-state index in [2.05, 4.69) is 20.7 Å². The molecule has 3 N–H and O–H groups in total. The van der Waals surface area contributed by atoms with Crippen molar-refractivity contribution in [3.63, 3.8) is 0 Å². The Morgan fingerprint density at radius 2 is 2.07 bits per heavy atom. The lowest BCUT2D eigenvalue weighted by Crippen LogP contribution is -2.20. The summed E-state index contributed by atoms with van der Waals surface area (Å²) in [6.45, 7) is 1.60. The monoisotopic (exact) mass is 399 g/mol. The van der Waals surface area contributed by atoms with Crippen molar-refractivity contribution in [2.45, 2.75) is 26.8 Å². The number of rotatable bonds is 7. The van der Waals surface area contributed by atoms with Crippen LogP contribution >= 0.6 is 0 Å². The summed E-state index contributed by atoms with van der Waals surface area (Å²) in [5.74, 6) is -0.385. The van der Waals surface area contributed by atoms with E-state index in [1.165, 1.54) is 19.4 Å². The van der Waals surface area contributed by atoms with E-state index < -0.39 is 12.9 Å². The third-order valence-corrected chi connectivity index (χ3v) is 4.38. The van der Waals surface area contributed by atoms with Crippen LogP contribution in [0.4, 0.5) is 17.2 Å². The molecule has 0 aliphatic carbocycles. The van der Waals surface area contributed by atoms with E-state index in [9.17, 15) is 9.59 Å². The molecular formula is C20H24N6O3. The van der Waals surface area contributed by atoms with Crippen LogP contribution in [0.1, 0.15) is 34.7 Å². The lowest BCUT2D eigenvalue weighted by Gasteiger charge is -2.16. The largest absolute Gasteiger partial charge is 0.492 e. The number of methoxy groups -OCH3 is 1. The van der Waals surface area contributed by atoms with Crippen LogP contribution < -0.4 is 20.7 Å². The number of carbonyl (C=O) groups excluding carboxylic acids is 2. The highest BCUT2D eigenvalue weighted by atomic mass is 16.5. The van der Waals surface area contributed by atoms with Crippen molar-refractivity contribution < 1.29 is 18.4 Å². The average molecular weight is 399 g/mol. The molecule has 9 heteroatoms. The smallest absolute Gasteiger partial charge is 0.254 e. The van der Waals surface area contributed by atoms with Crippen molar-refractivity contribution in [3.05, 3.63) is 36.2 Å². The predicted molar refractivity (Wildman–Crippen MR) is 112 cm³/mol. The number of benzene rings is 1. The third-order valence-electron chi connectivity index (χ3n) is 4.38. The molecule has 2 amide bonds. The molecule has 0 spiro atoms. The standard InChI is InChI=1S/C20H24N6O3/c1-5-17(27)25-16-9-15(13(11-22-16)20(28)21-3)24-14-8-7-12-10-23-26(6-2)18(12)19(14)29-4/h7-11H,5-6H2,1-4H3,(H,21,28)(H2,22,24,25,27)/i3D3. The molecule has 3 aromatic rings. The molecular weight excluding hydrogens is 372 g/mol. The average Bonchev–Trinajstić information content (AvgIpc) is 3.15. The van der Waals surface area contributed by atoms with Crippen LogP contribution in [-0.2, 0) is 11.3 Å². The highest BCUT2D eigenvalue weighted by Crippen LogP contribution is 2.36. The predicted octanol–water partition coefficient (Wildman–Crippen LogP) is 2.91. The second-order valence-electron chi connectivity index (χ2n) is 6.14. The molecule has 2 heterocycles. The maximum Gasteiger partial charge on any atom is 0.254 e. The molecule has 1 aromatic carbocycles. The number of hydrogen-bond acceptors (Lipinski definition) is 6. The number of nitrogens with one attached hydrogen (secondary N) is 3. The molecule has 29 heavy (non-hydrogen) atoms. The van der Waals surface area contributed by atoms with Crippen LogP contribution in [0.2, 0.25) is 0 Å². The summed E-state index contributed by atoms with van der Waals surface area (Å²) >= 11 is 0. The number of aromatic nitrogens is 3. The van der Waals surface area contributed by atoms with E-state index in [1.54, 1.807) is 23.9 Å². The Morgan fingerprint density at radius 1 is 1.24 bits per heavy atom. The van der Waals surface area contributed by atoms with Gasteiger partial charge in [-0.2, -0.15) is 5.10 Å². The van der Waals surface area contributed by atoms with Gasteiger partial charge in [0.15, 0.2) is 5.75 Å². The number of aryl methyl sites for hydroxylation is 1. The lowest BCUT2D eigenvalue weighted by molar-refractivity contribution is -0.115. The van der Waals surface area contributed by atoms with Crippen molar-refractivity contribution in [2.24, 2.45) is 0 Å². The number of nitrogens with zero attached hydrogens (tertiary/aromatic N) is 3. The van der Waals surface area contributed by atoms with Gasteiger partial charge in [-0.3, -0.25) is 14.3 Å². The van der Waals surface area contributed by atoms with Gasteiger partial charge in [0, 0.05) is 41.7 Å². The molecule has 0 saturated carbocycles. The molecule has 3 rings (SSSR count). The number of amides is 2. The molecule has 2 aromatic heterocycles. The first-order chi connectivity index (χ1) is 15.2. The van der Waals surface area contributed by atoms with Crippen molar-refractivity contribution in [1.29, 1.82) is 0 Å². The highest BCUT2D eigenvalue weighted by Gasteiger charge is 2.17. The fourth-order valence-corrected chi connectivity index (χ4v) is 2.94. The van der Waals surface area contributed by atoms with Gasteiger partial charge in [-0.1, -0.05) is 6.92 Å². The molecule has 0 unspecified atom stereocenters. The molecule has 0 aliphatic rings. The van der Waals surface area contributed by atoms with Crippen molar-refractivity contribution in [3.8, 4) is 5.75 Å². The fraction of sp³-hybridized carbons (Fsp3) is 0.300. The minimum Gasteiger partial charge on any atom is -0.492 e. The maximum atomic E-state index is 12.6. The van der Waals surface area contributed by atoms with Gasteiger partial charge in [-0.15, -0.1) is 0 Å². The van der Waals surface area contributed by atoms with Gasteiger partial charge in [0.05, 0.1) is 30.2 Å². The van der Waals surface area contributed by atoms with Crippen molar-refractivity contribution in [2.75, 3.05) is 24.7 Å². The van der Waals surface area contributed by atoms with E-state index in [-0.39, 0.29) is 29.4 Å². The second kappa shape index (κ2) is 8.59. The Balaban J connectivity index is 2.09. The van der Waals surface area contributed by atoms with Crippen molar-refractivity contribution in [1.82, 2.24) is 20.1 Å². The SMILES string of the molecule is [2H]C([2H])([2H])NC(=O)c1cnc(NC(=O)CC)cc1Nc1ccc2cnn(CC)c2c1OC. The molecule has 0 saturated heterocycles. The molecule has 0 aliphatic heterocycles. The Bertz CT molecular complexity index is 1160. The minimum absolute atomic E-state index is 0.0122. The Morgan fingerprint density at radius 3 is 2.76 bits per heavy atom. The molecule has 9 nitrogen and oxygen atoms in total. The number of ether oxygens (including phenoxy) is 1. The van der Waals surface area contributed by atoms with E-state index in [1.807, 2.05) is 18.3 Å². The summed E-state index contributed by atoms with van der Waals surface area (Å²) in [5, 5.41) is 12.9. The molecule has 0 radical (unpaired) electrons. The summed E-state index contributed by atoms with van der Waals surface area (Å²) in [4.78, 5) is 28.5. The Labute approximate surface area is 172 Å². The highest BCUT2D eigenvalue weighted by molar-refractivity contribution is 6.02. The molecule has 152 valence electrons. The zero-order valence-corrected chi connectivity index (χ0v) is 16.4. The van der Waals surface area contributed by atoms with Crippen LogP contribution in [0.5, 0.6) is 5.75 Å². The van der Waals surface area contributed by atoms with Crippen LogP contribution in [0.25, 0.3) is 10.9 Å². The Hall–Kier alpha value is -3.62. The topological polar surface area (TPSA) is 110 Å². The van der Waals surface area contributed by atoms with Crippen LogP contribution in [0, 0.1) is 0 Å². The van der Waals surface area contributed by atoms with Gasteiger partial charge in [0.25, 0.3) is 5.91 Å². The minimum atomic E-state index is -2.67. The van der Waals surface area contributed by atoms with E-state index in [0.29, 0.717) is 18.0 Å². The van der Waals surface area contributed by atoms with Gasteiger partial charge >= 0.3 is 0 Å². The molecule has 0 bridgehead atoms. The first-order valence-electron chi connectivity index (χ1n) is 10.6. The third kappa shape index (κ3) is 3.98. The molecule has 0 fully saturated rings. The first kappa shape index (κ1) is 16.3. The summed E-state index contributed by atoms with van der Waals surface area (Å²) in [6.07, 6.45) is 3.18. The van der Waals surface area contributed by atoms with Gasteiger partial charge < -0.3 is 20.7 Å². The van der Waals surface area contributed by atoms with Gasteiger partial charge in [0.1, 0.15) is 11.3 Å². The normalized spacial score (nSPS) is 12.6. The number of fused-ring (bicyclic) bond motifs is 1. The first-order valence-corrected chi connectivity index (χ1v) is 9.08. The molecule has 0 atom stereocenters. The van der Waals surface area contributed by atoms with Crippen LogP contribution in [-0.4, -0.2) is 40.7 Å². The fourth-order valence-electron chi connectivity index (χ4n) is 2.94. The quantitative estimate of drug-likeness (QED) is 0.563. The zero-order chi connectivity index (χ0) is 23.5. The summed E-state index contributed by atoms with van der Waals surface area (Å²) in [5.41, 5.74) is 1.52. The maximum absolute atomic E-state index is 12.6. The summed E-state index contributed by atoms with van der Waals surface area (Å²) in [7, 11) is 1.52. The number of hydrogen-bond donors (Lipinski definition) is 3. The van der Waals surface area contributed by atoms with Crippen LogP contribution in [0.3, 0.4) is 0 Å². The number of carbonyl (C=O) groups is 2. The van der Waals surface area contributed by atoms with Crippen LogP contribution in [0.15, 0.2) is 30.6 Å². The van der Waals surface area contributed by atoms with E-state index >= 15 is 0 Å². The summed E-state index contributed by atoms with van der Waals surface area (Å²) in [6, 6.07) is 5.07. The van der Waals surface area contributed by atoms with Gasteiger partial charge in [-0.25, -0.2) is 4.98 Å². The van der Waals surface area contributed by atoms with E-state index in [4.69, 9.17) is 8.85 Å². The van der Waals surface area contributed by atoms with Gasteiger partial charge in [0.2, 0.25) is 5.91 Å².